The van der Waals surface area contributed by atoms with Gasteiger partial charge in [0.1, 0.15) is 6.61 Å². The van der Waals surface area contributed by atoms with Crippen molar-refractivity contribution in [3.05, 3.63) is 29.8 Å². The van der Waals surface area contributed by atoms with Crippen LogP contribution in [0.3, 0.4) is 0 Å². The summed E-state index contributed by atoms with van der Waals surface area (Å²) in [4.78, 5) is 18.3. The van der Waals surface area contributed by atoms with Gasteiger partial charge in [0.05, 0.1) is 18.4 Å². The monoisotopic (exact) mass is 298 g/mol. The SMILES string of the molecule is C#CCOc1cc(N=C)c(C(=O)N2CCC(=C)C2)cc1OC. The summed E-state index contributed by atoms with van der Waals surface area (Å²) >= 11 is 0. The fraction of sp³-hybridized carbons (Fsp3) is 0.294. The molecule has 0 atom stereocenters. The van der Waals surface area contributed by atoms with Gasteiger partial charge >= 0.3 is 0 Å². The third-order valence-electron chi connectivity index (χ3n) is 3.43. The lowest BCUT2D eigenvalue weighted by Gasteiger charge is -2.18. The number of terminal acetylenes is 1. The number of ether oxygens (including phenoxy) is 2. The first kappa shape index (κ1) is 15.6. The maximum absolute atomic E-state index is 12.6. The van der Waals surface area contributed by atoms with Gasteiger partial charge in [-0.15, -0.1) is 6.42 Å². The number of hydrogen-bond donors (Lipinski definition) is 0. The number of aliphatic imine (C=N–C) groups is 1. The van der Waals surface area contributed by atoms with Crippen molar-refractivity contribution in [2.45, 2.75) is 6.42 Å². The number of amides is 1. The van der Waals surface area contributed by atoms with E-state index in [1.165, 1.54) is 7.11 Å². The predicted octanol–water partition coefficient (Wildman–Crippen LogP) is 2.44. The quantitative estimate of drug-likeness (QED) is 0.476. The second-order valence-corrected chi connectivity index (χ2v) is 4.90. The van der Waals surface area contributed by atoms with E-state index in [-0.39, 0.29) is 12.5 Å². The molecule has 22 heavy (non-hydrogen) atoms. The lowest BCUT2D eigenvalue weighted by Crippen LogP contribution is -2.27. The van der Waals surface area contributed by atoms with Crippen LogP contribution in [0.25, 0.3) is 0 Å². The Bertz CT molecular complexity index is 659. The molecule has 0 saturated carbocycles. The first-order valence-electron chi connectivity index (χ1n) is 6.81. The number of rotatable bonds is 5. The Morgan fingerprint density at radius 1 is 1.50 bits per heavy atom. The van der Waals surface area contributed by atoms with Crippen LogP contribution in [0.5, 0.6) is 11.5 Å². The zero-order chi connectivity index (χ0) is 16.1. The van der Waals surface area contributed by atoms with Crippen LogP contribution in [0.4, 0.5) is 5.69 Å². The van der Waals surface area contributed by atoms with Gasteiger partial charge in [-0.3, -0.25) is 9.79 Å². The van der Waals surface area contributed by atoms with Crippen molar-refractivity contribution in [1.82, 2.24) is 4.90 Å². The largest absolute Gasteiger partial charge is 0.493 e. The topological polar surface area (TPSA) is 51.1 Å². The van der Waals surface area contributed by atoms with Crippen molar-refractivity contribution in [1.29, 1.82) is 0 Å². The Labute approximate surface area is 130 Å². The molecular weight excluding hydrogens is 280 g/mol. The molecule has 1 aliphatic heterocycles. The van der Waals surface area contributed by atoms with E-state index in [1.807, 2.05) is 0 Å². The first-order chi connectivity index (χ1) is 10.6. The lowest BCUT2D eigenvalue weighted by atomic mass is 10.1. The summed E-state index contributed by atoms with van der Waals surface area (Å²) in [5.74, 6) is 3.13. The molecule has 1 amide bonds. The Morgan fingerprint density at radius 2 is 2.27 bits per heavy atom. The molecule has 0 N–H and O–H groups in total. The summed E-state index contributed by atoms with van der Waals surface area (Å²) < 4.78 is 10.7. The van der Waals surface area contributed by atoms with E-state index in [4.69, 9.17) is 15.9 Å². The normalized spacial score (nSPS) is 13.6. The van der Waals surface area contributed by atoms with Gasteiger partial charge in [-0.25, -0.2) is 0 Å². The first-order valence-corrected chi connectivity index (χ1v) is 6.81. The Hall–Kier alpha value is -2.74. The molecule has 1 fully saturated rings. The number of benzene rings is 1. The van der Waals surface area contributed by atoms with Crippen LogP contribution in [0.15, 0.2) is 29.3 Å². The summed E-state index contributed by atoms with van der Waals surface area (Å²) in [6.07, 6.45) is 6.01. The van der Waals surface area contributed by atoms with Crippen molar-refractivity contribution in [2.75, 3.05) is 26.8 Å². The molecule has 114 valence electrons. The highest BCUT2D eigenvalue weighted by Gasteiger charge is 2.25. The summed E-state index contributed by atoms with van der Waals surface area (Å²) in [5, 5.41) is 0. The molecule has 0 aromatic heterocycles. The average molecular weight is 298 g/mol. The van der Waals surface area contributed by atoms with Crippen molar-refractivity contribution in [2.24, 2.45) is 4.99 Å². The third-order valence-corrected chi connectivity index (χ3v) is 3.43. The molecule has 1 heterocycles. The standard InChI is InChI=1S/C17H18N2O3/c1-5-8-22-16-10-14(18-3)13(9-15(16)21-4)17(20)19-7-6-12(2)11-19/h1,9-10H,2-3,6-8,11H2,4H3. The van der Waals surface area contributed by atoms with Gasteiger partial charge < -0.3 is 14.4 Å². The summed E-state index contributed by atoms with van der Waals surface area (Å²) in [5.41, 5.74) is 1.91. The number of nitrogens with zero attached hydrogens (tertiary/aromatic N) is 2. The van der Waals surface area contributed by atoms with E-state index in [2.05, 4.69) is 24.2 Å². The molecule has 5 heteroatoms. The van der Waals surface area contributed by atoms with E-state index >= 15 is 0 Å². The Kier molecular flexibility index (Phi) is 4.84. The highest BCUT2D eigenvalue weighted by Crippen LogP contribution is 2.36. The summed E-state index contributed by atoms with van der Waals surface area (Å²) in [6.45, 7) is 8.75. The van der Waals surface area contributed by atoms with E-state index in [9.17, 15) is 4.79 Å². The number of carbonyl (C=O) groups excluding carboxylic acids is 1. The van der Waals surface area contributed by atoms with Crippen LogP contribution in [0, 0.1) is 12.3 Å². The minimum absolute atomic E-state index is 0.103. The smallest absolute Gasteiger partial charge is 0.256 e. The molecule has 0 radical (unpaired) electrons. The highest BCUT2D eigenvalue weighted by molar-refractivity contribution is 6.00. The van der Waals surface area contributed by atoms with Crippen molar-refractivity contribution < 1.29 is 14.3 Å². The van der Waals surface area contributed by atoms with Gasteiger partial charge in [0.2, 0.25) is 0 Å². The van der Waals surface area contributed by atoms with Crippen LogP contribution in [0.1, 0.15) is 16.8 Å². The van der Waals surface area contributed by atoms with Crippen molar-refractivity contribution in [3.63, 3.8) is 0 Å². The minimum Gasteiger partial charge on any atom is -0.493 e. The summed E-state index contributed by atoms with van der Waals surface area (Å²) in [7, 11) is 1.50. The number of likely N-dealkylation sites (tertiary alicyclic amines) is 1. The molecule has 0 spiro atoms. The molecular formula is C17H18N2O3. The molecule has 0 aliphatic carbocycles. The molecule has 0 bridgehead atoms. The summed E-state index contributed by atoms with van der Waals surface area (Å²) in [6, 6.07) is 3.22. The molecule has 1 saturated heterocycles. The second kappa shape index (κ2) is 6.81. The molecule has 1 aromatic rings. The van der Waals surface area contributed by atoms with Crippen LogP contribution < -0.4 is 9.47 Å². The van der Waals surface area contributed by atoms with Crippen LogP contribution in [0.2, 0.25) is 0 Å². The third kappa shape index (κ3) is 3.12. The molecule has 0 unspecified atom stereocenters. The lowest BCUT2D eigenvalue weighted by molar-refractivity contribution is 0.0796. The van der Waals surface area contributed by atoms with Gasteiger partial charge in [-0.05, 0) is 19.2 Å². The van der Waals surface area contributed by atoms with E-state index in [0.29, 0.717) is 35.8 Å². The van der Waals surface area contributed by atoms with Crippen LogP contribution in [-0.2, 0) is 0 Å². The van der Waals surface area contributed by atoms with Gasteiger partial charge in [0.15, 0.2) is 11.5 Å². The molecule has 1 aromatic carbocycles. The number of methoxy groups -OCH3 is 1. The zero-order valence-corrected chi connectivity index (χ0v) is 12.6. The minimum atomic E-state index is -0.122. The number of hydrogen-bond acceptors (Lipinski definition) is 4. The Morgan fingerprint density at radius 3 is 2.82 bits per heavy atom. The van der Waals surface area contributed by atoms with Gasteiger partial charge in [0, 0.05) is 19.2 Å². The van der Waals surface area contributed by atoms with E-state index in [1.54, 1.807) is 17.0 Å². The van der Waals surface area contributed by atoms with E-state index in [0.717, 1.165) is 12.0 Å². The fourth-order valence-electron chi connectivity index (χ4n) is 2.31. The van der Waals surface area contributed by atoms with Gasteiger partial charge in [-0.2, -0.15) is 0 Å². The maximum Gasteiger partial charge on any atom is 0.256 e. The highest BCUT2D eigenvalue weighted by atomic mass is 16.5. The van der Waals surface area contributed by atoms with Crippen LogP contribution in [-0.4, -0.2) is 44.3 Å². The Balaban J connectivity index is 2.38. The van der Waals surface area contributed by atoms with Gasteiger partial charge in [0.25, 0.3) is 5.91 Å². The van der Waals surface area contributed by atoms with Crippen LogP contribution >= 0.6 is 0 Å². The van der Waals surface area contributed by atoms with Crippen molar-refractivity contribution >= 4 is 18.3 Å². The zero-order valence-electron chi connectivity index (χ0n) is 12.6. The molecule has 5 nitrogen and oxygen atoms in total. The molecule has 1 aliphatic rings. The maximum atomic E-state index is 12.6. The van der Waals surface area contributed by atoms with Gasteiger partial charge in [-0.1, -0.05) is 18.1 Å². The predicted molar refractivity (Wildman–Crippen MR) is 86.2 cm³/mol. The second-order valence-electron chi connectivity index (χ2n) is 4.90. The fourth-order valence-corrected chi connectivity index (χ4v) is 2.31. The molecule has 2 rings (SSSR count). The number of carbonyl (C=O) groups is 1. The van der Waals surface area contributed by atoms with E-state index < -0.39 is 0 Å². The van der Waals surface area contributed by atoms with Crippen molar-refractivity contribution in [3.8, 4) is 23.8 Å². The average Bonchev–Trinajstić information content (AvgIpc) is 2.97.